The van der Waals surface area contributed by atoms with E-state index in [1.807, 2.05) is 48.5 Å². The standard InChI is InChI=1S/C18H17N3O3/c1-2-24-18(23)17-16(19-21-20-17)15-9-4-3-8-14(15)13-7-5-6-12(10-13)11-22/h3-10,22H,2,11H2,1H3,(H,19,20,21). The van der Waals surface area contributed by atoms with Gasteiger partial charge in [0.2, 0.25) is 0 Å². The molecule has 3 rings (SSSR count). The molecule has 0 fully saturated rings. The van der Waals surface area contributed by atoms with Crippen LogP contribution in [0, 0.1) is 0 Å². The molecule has 0 amide bonds. The zero-order valence-electron chi connectivity index (χ0n) is 13.2. The van der Waals surface area contributed by atoms with Gasteiger partial charge in [-0.3, -0.25) is 0 Å². The summed E-state index contributed by atoms with van der Waals surface area (Å²) in [5.74, 6) is -0.514. The van der Waals surface area contributed by atoms with Crippen molar-refractivity contribution in [1.29, 1.82) is 0 Å². The van der Waals surface area contributed by atoms with Crippen LogP contribution >= 0.6 is 0 Å². The quantitative estimate of drug-likeness (QED) is 0.705. The number of carbonyl (C=O) groups is 1. The molecule has 0 radical (unpaired) electrons. The summed E-state index contributed by atoms with van der Waals surface area (Å²) in [5, 5.41) is 19.9. The molecule has 1 aromatic heterocycles. The second-order valence-electron chi connectivity index (χ2n) is 5.15. The summed E-state index contributed by atoms with van der Waals surface area (Å²) < 4.78 is 5.04. The van der Waals surface area contributed by atoms with Crippen molar-refractivity contribution in [2.45, 2.75) is 13.5 Å². The van der Waals surface area contributed by atoms with E-state index in [2.05, 4.69) is 15.4 Å². The number of nitrogens with zero attached hydrogens (tertiary/aromatic N) is 2. The Morgan fingerprint density at radius 2 is 1.92 bits per heavy atom. The Morgan fingerprint density at radius 1 is 1.12 bits per heavy atom. The Kier molecular flexibility index (Phi) is 4.67. The molecule has 2 aromatic carbocycles. The average Bonchev–Trinajstić information content (AvgIpc) is 3.12. The fourth-order valence-corrected chi connectivity index (χ4v) is 2.54. The highest BCUT2D eigenvalue weighted by Gasteiger charge is 2.21. The van der Waals surface area contributed by atoms with E-state index in [0.29, 0.717) is 5.69 Å². The number of hydrogen-bond acceptors (Lipinski definition) is 5. The third kappa shape index (κ3) is 3.04. The van der Waals surface area contributed by atoms with Crippen LogP contribution in [0.4, 0.5) is 0 Å². The summed E-state index contributed by atoms with van der Waals surface area (Å²) in [4.78, 5) is 12.1. The molecule has 6 heteroatoms. The van der Waals surface area contributed by atoms with E-state index in [1.54, 1.807) is 6.92 Å². The maximum Gasteiger partial charge on any atom is 0.361 e. The highest BCUT2D eigenvalue weighted by atomic mass is 16.5. The first-order valence-corrected chi connectivity index (χ1v) is 7.62. The van der Waals surface area contributed by atoms with Gasteiger partial charge < -0.3 is 9.84 Å². The van der Waals surface area contributed by atoms with E-state index in [1.165, 1.54) is 0 Å². The minimum atomic E-state index is -0.514. The van der Waals surface area contributed by atoms with Gasteiger partial charge in [-0.2, -0.15) is 10.3 Å². The molecule has 122 valence electrons. The number of aliphatic hydroxyl groups is 1. The Bertz CT molecular complexity index is 858. The van der Waals surface area contributed by atoms with E-state index in [9.17, 15) is 9.90 Å². The van der Waals surface area contributed by atoms with Crippen LogP contribution in [-0.2, 0) is 11.3 Å². The molecule has 0 aliphatic heterocycles. The highest BCUT2D eigenvalue weighted by molar-refractivity contribution is 5.96. The molecule has 0 saturated heterocycles. The molecule has 0 aliphatic rings. The van der Waals surface area contributed by atoms with Gasteiger partial charge in [0, 0.05) is 5.56 Å². The fourth-order valence-electron chi connectivity index (χ4n) is 2.54. The van der Waals surface area contributed by atoms with E-state index in [0.717, 1.165) is 22.3 Å². The van der Waals surface area contributed by atoms with Gasteiger partial charge >= 0.3 is 5.97 Å². The number of aliphatic hydroxyl groups excluding tert-OH is 1. The molecule has 0 atom stereocenters. The van der Waals surface area contributed by atoms with Crippen LogP contribution in [0.1, 0.15) is 23.0 Å². The second-order valence-corrected chi connectivity index (χ2v) is 5.15. The minimum absolute atomic E-state index is 0.0337. The van der Waals surface area contributed by atoms with Crippen molar-refractivity contribution in [3.05, 3.63) is 59.8 Å². The Hall–Kier alpha value is -2.99. The van der Waals surface area contributed by atoms with Crippen molar-refractivity contribution in [3.8, 4) is 22.4 Å². The van der Waals surface area contributed by atoms with E-state index in [-0.39, 0.29) is 18.9 Å². The van der Waals surface area contributed by atoms with Crippen molar-refractivity contribution in [2.75, 3.05) is 6.61 Å². The van der Waals surface area contributed by atoms with Gasteiger partial charge in [0.25, 0.3) is 0 Å². The number of aromatic nitrogens is 3. The third-order valence-electron chi connectivity index (χ3n) is 3.62. The van der Waals surface area contributed by atoms with Crippen molar-refractivity contribution in [1.82, 2.24) is 15.4 Å². The number of nitrogens with one attached hydrogen (secondary N) is 1. The van der Waals surface area contributed by atoms with Crippen LogP contribution in [-0.4, -0.2) is 33.1 Å². The third-order valence-corrected chi connectivity index (χ3v) is 3.62. The van der Waals surface area contributed by atoms with Crippen molar-refractivity contribution < 1.29 is 14.6 Å². The maximum absolute atomic E-state index is 12.1. The smallest absolute Gasteiger partial charge is 0.361 e. The first-order valence-electron chi connectivity index (χ1n) is 7.62. The summed E-state index contributed by atoms with van der Waals surface area (Å²) in [6, 6.07) is 15.2. The number of aromatic amines is 1. The number of hydrogen-bond donors (Lipinski definition) is 2. The molecule has 3 aromatic rings. The van der Waals surface area contributed by atoms with Crippen molar-refractivity contribution >= 4 is 5.97 Å². The molecule has 2 N–H and O–H groups in total. The molecule has 0 spiro atoms. The van der Waals surface area contributed by atoms with Gasteiger partial charge in [-0.15, -0.1) is 5.10 Å². The zero-order valence-corrected chi connectivity index (χ0v) is 13.2. The Morgan fingerprint density at radius 3 is 2.67 bits per heavy atom. The van der Waals surface area contributed by atoms with E-state index >= 15 is 0 Å². The first kappa shape index (κ1) is 15.9. The highest BCUT2D eigenvalue weighted by Crippen LogP contribution is 2.32. The van der Waals surface area contributed by atoms with Gasteiger partial charge in [0.05, 0.1) is 13.2 Å². The average molecular weight is 323 g/mol. The lowest BCUT2D eigenvalue weighted by Crippen LogP contribution is -2.07. The number of ether oxygens (including phenoxy) is 1. The van der Waals surface area contributed by atoms with E-state index < -0.39 is 5.97 Å². The van der Waals surface area contributed by atoms with Crippen LogP contribution in [0.3, 0.4) is 0 Å². The predicted molar refractivity (Wildman–Crippen MR) is 89.1 cm³/mol. The zero-order chi connectivity index (χ0) is 16.9. The predicted octanol–water partition coefficient (Wildman–Crippen LogP) is 2.81. The van der Waals surface area contributed by atoms with Crippen molar-refractivity contribution in [3.63, 3.8) is 0 Å². The van der Waals surface area contributed by atoms with Crippen LogP contribution in [0.2, 0.25) is 0 Å². The van der Waals surface area contributed by atoms with Crippen LogP contribution < -0.4 is 0 Å². The summed E-state index contributed by atoms with van der Waals surface area (Å²) in [5.41, 5.74) is 4.00. The molecule has 0 bridgehead atoms. The Labute approximate surface area is 139 Å². The molecular formula is C18H17N3O3. The summed E-state index contributed by atoms with van der Waals surface area (Å²) in [6.45, 7) is 1.98. The van der Waals surface area contributed by atoms with Gasteiger partial charge in [-0.25, -0.2) is 4.79 Å². The number of H-pyrrole nitrogens is 1. The molecule has 1 heterocycles. The number of carbonyl (C=O) groups excluding carboxylic acids is 1. The molecule has 0 aliphatic carbocycles. The van der Waals surface area contributed by atoms with Crippen molar-refractivity contribution in [2.24, 2.45) is 0 Å². The first-order chi connectivity index (χ1) is 11.7. The number of esters is 1. The molecule has 0 unspecified atom stereocenters. The molecule has 24 heavy (non-hydrogen) atoms. The lowest BCUT2D eigenvalue weighted by atomic mass is 9.96. The summed E-state index contributed by atoms with van der Waals surface area (Å²) in [6.07, 6.45) is 0. The normalized spacial score (nSPS) is 10.6. The van der Waals surface area contributed by atoms with Crippen LogP contribution in [0.5, 0.6) is 0 Å². The van der Waals surface area contributed by atoms with E-state index in [4.69, 9.17) is 4.74 Å². The van der Waals surface area contributed by atoms with Crippen LogP contribution in [0.15, 0.2) is 48.5 Å². The molecular weight excluding hydrogens is 306 g/mol. The Balaban J connectivity index is 2.11. The molecule has 6 nitrogen and oxygen atoms in total. The van der Waals surface area contributed by atoms with Crippen LogP contribution in [0.25, 0.3) is 22.4 Å². The largest absolute Gasteiger partial charge is 0.461 e. The van der Waals surface area contributed by atoms with Gasteiger partial charge in [0.1, 0.15) is 5.69 Å². The summed E-state index contributed by atoms with van der Waals surface area (Å²) in [7, 11) is 0. The monoisotopic (exact) mass is 323 g/mol. The maximum atomic E-state index is 12.1. The fraction of sp³-hybridized carbons (Fsp3) is 0.167. The SMILES string of the molecule is CCOC(=O)c1n[nH]nc1-c1ccccc1-c1cccc(CO)c1. The minimum Gasteiger partial charge on any atom is -0.461 e. The summed E-state index contributed by atoms with van der Waals surface area (Å²) >= 11 is 0. The number of benzene rings is 2. The van der Waals surface area contributed by atoms with Gasteiger partial charge in [-0.05, 0) is 29.7 Å². The number of rotatable bonds is 5. The lowest BCUT2D eigenvalue weighted by molar-refractivity contribution is 0.0520. The van der Waals surface area contributed by atoms with Gasteiger partial charge in [0.15, 0.2) is 5.69 Å². The lowest BCUT2D eigenvalue weighted by Gasteiger charge is -2.10. The topological polar surface area (TPSA) is 88.1 Å². The van der Waals surface area contributed by atoms with Gasteiger partial charge in [-0.1, -0.05) is 42.5 Å². The molecule has 0 saturated carbocycles. The second kappa shape index (κ2) is 7.06.